The summed E-state index contributed by atoms with van der Waals surface area (Å²) in [5.41, 5.74) is 6.87. The van der Waals surface area contributed by atoms with Gasteiger partial charge in [-0.3, -0.25) is 9.78 Å². The summed E-state index contributed by atoms with van der Waals surface area (Å²) in [6, 6.07) is 6.10. The lowest BCUT2D eigenvalue weighted by Gasteiger charge is -2.07. The van der Waals surface area contributed by atoms with Gasteiger partial charge in [0.2, 0.25) is 0 Å². The van der Waals surface area contributed by atoms with E-state index in [0.717, 1.165) is 12.3 Å². The first-order valence-electron chi connectivity index (χ1n) is 5.03. The van der Waals surface area contributed by atoms with E-state index >= 15 is 0 Å². The fraction of sp³-hybridized carbons (Fsp3) is 0. The third-order valence-electron chi connectivity index (χ3n) is 2.21. The van der Waals surface area contributed by atoms with Gasteiger partial charge in [0.15, 0.2) is 0 Å². The number of pyridine rings is 1. The summed E-state index contributed by atoms with van der Waals surface area (Å²) in [6.07, 6.45) is 2.33. The quantitative estimate of drug-likeness (QED) is 0.838. The number of hydrogen-bond acceptors (Lipinski definition) is 3. The van der Waals surface area contributed by atoms with Gasteiger partial charge in [0, 0.05) is 16.4 Å². The number of amides is 1. The van der Waals surface area contributed by atoms with Crippen LogP contribution in [0.3, 0.4) is 0 Å². The van der Waals surface area contributed by atoms with E-state index in [2.05, 4.69) is 26.2 Å². The van der Waals surface area contributed by atoms with Crippen molar-refractivity contribution in [1.29, 1.82) is 0 Å². The molecule has 1 aromatic carbocycles. The van der Waals surface area contributed by atoms with Crippen molar-refractivity contribution in [3.8, 4) is 0 Å². The normalized spacial score (nSPS) is 10.1. The van der Waals surface area contributed by atoms with Gasteiger partial charge in [-0.25, -0.2) is 4.39 Å². The second-order valence-electron chi connectivity index (χ2n) is 3.59. The van der Waals surface area contributed by atoms with Crippen molar-refractivity contribution < 1.29 is 9.18 Å². The van der Waals surface area contributed by atoms with E-state index < -0.39 is 11.7 Å². The average molecular weight is 310 g/mol. The largest absolute Gasteiger partial charge is 0.399 e. The maximum absolute atomic E-state index is 12.9. The molecule has 1 aromatic heterocycles. The summed E-state index contributed by atoms with van der Waals surface area (Å²) in [5, 5.41) is 2.63. The lowest BCUT2D eigenvalue weighted by Crippen LogP contribution is -2.13. The Balaban J connectivity index is 2.21. The highest BCUT2D eigenvalue weighted by Gasteiger charge is 2.09. The van der Waals surface area contributed by atoms with Crippen molar-refractivity contribution in [3.63, 3.8) is 0 Å². The van der Waals surface area contributed by atoms with Gasteiger partial charge in [-0.2, -0.15) is 0 Å². The Morgan fingerprint density at radius 3 is 2.78 bits per heavy atom. The molecular weight excluding hydrogens is 301 g/mol. The first-order valence-corrected chi connectivity index (χ1v) is 5.82. The number of benzene rings is 1. The predicted octanol–water partition coefficient (Wildman–Crippen LogP) is 2.82. The Bertz CT molecular complexity index is 604. The molecule has 2 aromatic rings. The van der Waals surface area contributed by atoms with E-state index in [1.54, 1.807) is 18.2 Å². The Labute approximate surface area is 111 Å². The number of halogens is 2. The van der Waals surface area contributed by atoms with Crippen LogP contribution in [0.1, 0.15) is 10.4 Å². The molecule has 0 saturated heterocycles. The van der Waals surface area contributed by atoms with E-state index in [-0.39, 0.29) is 5.56 Å². The van der Waals surface area contributed by atoms with Crippen molar-refractivity contribution in [2.45, 2.75) is 0 Å². The minimum atomic E-state index is -0.556. The highest BCUT2D eigenvalue weighted by molar-refractivity contribution is 9.10. The number of nitrogens with zero attached hydrogens (tertiary/aromatic N) is 1. The summed E-state index contributed by atoms with van der Waals surface area (Å²) in [4.78, 5) is 15.4. The van der Waals surface area contributed by atoms with Gasteiger partial charge in [-0.15, -0.1) is 0 Å². The molecule has 1 amide bonds. The van der Waals surface area contributed by atoms with Crippen LogP contribution in [-0.4, -0.2) is 10.9 Å². The summed E-state index contributed by atoms with van der Waals surface area (Å²) in [7, 11) is 0. The first-order chi connectivity index (χ1) is 8.56. The number of aromatic nitrogens is 1. The Morgan fingerprint density at radius 1 is 1.33 bits per heavy atom. The zero-order valence-corrected chi connectivity index (χ0v) is 10.7. The lowest BCUT2D eigenvalue weighted by atomic mass is 10.2. The van der Waals surface area contributed by atoms with Gasteiger partial charge in [-0.1, -0.05) is 0 Å². The van der Waals surface area contributed by atoms with Crippen LogP contribution in [0.4, 0.5) is 15.8 Å². The van der Waals surface area contributed by atoms with E-state index in [0.29, 0.717) is 15.8 Å². The summed E-state index contributed by atoms with van der Waals surface area (Å²) >= 11 is 3.28. The molecule has 4 nitrogen and oxygen atoms in total. The number of rotatable bonds is 2. The van der Waals surface area contributed by atoms with Crippen LogP contribution in [0.5, 0.6) is 0 Å². The molecule has 92 valence electrons. The second kappa shape index (κ2) is 5.14. The van der Waals surface area contributed by atoms with Crippen LogP contribution in [-0.2, 0) is 0 Å². The average Bonchev–Trinajstić information content (AvgIpc) is 2.32. The summed E-state index contributed by atoms with van der Waals surface area (Å²) < 4.78 is 13.6. The Kier molecular flexibility index (Phi) is 3.57. The molecule has 1 heterocycles. The number of nitrogen functional groups attached to an aromatic ring is 1. The molecule has 0 unspecified atom stereocenters. The first kappa shape index (κ1) is 12.5. The molecule has 0 atom stereocenters. The minimum absolute atomic E-state index is 0.152. The molecule has 3 N–H and O–H groups in total. The number of carbonyl (C=O) groups excluding carboxylic acids is 1. The second-order valence-corrected chi connectivity index (χ2v) is 4.44. The van der Waals surface area contributed by atoms with Crippen molar-refractivity contribution in [3.05, 3.63) is 52.5 Å². The predicted molar refractivity (Wildman–Crippen MR) is 70.7 cm³/mol. The molecule has 0 aliphatic rings. The zero-order chi connectivity index (χ0) is 13.1. The highest BCUT2D eigenvalue weighted by Crippen LogP contribution is 2.25. The third-order valence-corrected chi connectivity index (χ3v) is 2.86. The number of nitrogens with two attached hydrogens (primary N) is 1. The number of anilines is 2. The molecule has 2 rings (SSSR count). The third kappa shape index (κ3) is 2.84. The highest BCUT2D eigenvalue weighted by atomic mass is 79.9. The van der Waals surface area contributed by atoms with Gasteiger partial charge in [-0.05, 0) is 40.2 Å². The van der Waals surface area contributed by atoms with Gasteiger partial charge < -0.3 is 11.1 Å². The topological polar surface area (TPSA) is 68.0 Å². The molecule has 0 saturated carbocycles. The molecule has 0 radical (unpaired) electrons. The van der Waals surface area contributed by atoms with Gasteiger partial charge in [0.1, 0.15) is 5.82 Å². The van der Waals surface area contributed by atoms with Gasteiger partial charge >= 0.3 is 0 Å². The SMILES string of the molecule is Nc1ccc(NC(=O)c2cncc(F)c2)c(Br)c1. The van der Waals surface area contributed by atoms with E-state index in [1.165, 1.54) is 6.20 Å². The lowest BCUT2D eigenvalue weighted by molar-refractivity contribution is 0.102. The number of carbonyl (C=O) groups is 1. The van der Waals surface area contributed by atoms with Crippen LogP contribution < -0.4 is 11.1 Å². The van der Waals surface area contributed by atoms with Crippen LogP contribution in [0.25, 0.3) is 0 Å². The standard InChI is InChI=1S/C12H9BrFN3O/c13-10-4-9(15)1-2-11(10)17-12(18)7-3-8(14)6-16-5-7/h1-6H,15H2,(H,17,18). The summed E-state index contributed by atoms with van der Waals surface area (Å²) in [5.74, 6) is -0.994. The van der Waals surface area contributed by atoms with E-state index in [4.69, 9.17) is 5.73 Å². The van der Waals surface area contributed by atoms with Gasteiger partial charge in [0.05, 0.1) is 17.4 Å². The van der Waals surface area contributed by atoms with E-state index in [9.17, 15) is 9.18 Å². The van der Waals surface area contributed by atoms with Crippen molar-refractivity contribution in [1.82, 2.24) is 4.98 Å². The zero-order valence-electron chi connectivity index (χ0n) is 9.15. The van der Waals surface area contributed by atoms with Crippen molar-refractivity contribution in [2.24, 2.45) is 0 Å². The van der Waals surface area contributed by atoms with Crippen molar-refractivity contribution >= 4 is 33.2 Å². The molecule has 18 heavy (non-hydrogen) atoms. The molecular formula is C12H9BrFN3O. The Hall–Kier alpha value is -1.95. The van der Waals surface area contributed by atoms with Crippen LogP contribution in [0.2, 0.25) is 0 Å². The van der Waals surface area contributed by atoms with Gasteiger partial charge in [0.25, 0.3) is 5.91 Å². The monoisotopic (exact) mass is 309 g/mol. The molecule has 0 aliphatic heterocycles. The smallest absolute Gasteiger partial charge is 0.257 e. The maximum atomic E-state index is 12.9. The molecule has 0 aliphatic carbocycles. The number of hydrogen-bond donors (Lipinski definition) is 2. The fourth-order valence-corrected chi connectivity index (χ4v) is 1.86. The Morgan fingerprint density at radius 2 is 2.11 bits per heavy atom. The summed E-state index contributed by atoms with van der Waals surface area (Å²) in [6.45, 7) is 0. The molecule has 0 bridgehead atoms. The van der Waals surface area contributed by atoms with Crippen molar-refractivity contribution in [2.75, 3.05) is 11.1 Å². The molecule has 6 heteroatoms. The van der Waals surface area contributed by atoms with E-state index in [1.807, 2.05) is 0 Å². The molecule has 0 spiro atoms. The van der Waals surface area contributed by atoms with Crippen LogP contribution in [0.15, 0.2) is 41.1 Å². The van der Waals surface area contributed by atoms with Crippen LogP contribution in [0, 0.1) is 5.82 Å². The van der Waals surface area contributed by atoms with Crippen LogP contribution >= 0.6 is 15.9 Å². The maximum Gasteiger partial charge on any atom is 0.257 e. The number of nitrogens with one attached hydrogen (secondary N) is 1. The fourth-order valence-electron chi connectivity index (χ4n) is 1.36. The minimum Gasteiger partial charge on any atom is -0.399 e. The molecule has 0 fully saturated rings.